The third kappa shape index (κ3) is 16.3. The summed E-state index contributed by atoms with van der Waals surface area (Å²) >= 11 is 0. The number of likely N-dealkylation sites (tertiary alicyclic amines) is 1. The second kappa shape index (κ2) is 28.4. The van der Waals surface area contributed by atoms with Gasteiger partial charge in [0.1, 0.15) is 0 Å². The summed E-state index contributed by atoms with van der Waals surface area (Å²) in [5.41, 5.74) is 2.68. The Balaban J connectivity index is 0.927. The van der Waals surface area contributed by atoms with Crippen molar-refractivity contribution >= 4 is 0 Å². The van der Waals surface area contributed by atoms with Gasteiger partial charge in [0.25, 0.3) is 0 Å². The first-order valence-corrected chi connectivity index (χ1v) is 27.7. The molecule has 5 nitrogen and oxygen atoms in total. The van der Waals surface area contributed by atoms with Crippen molar-refractivity contribution in [2.75, 3.05) is 46.2 Å². The molecule has 4 aliphatic carbocycles. The van der Waals surface area contributed by atoms with Crippen LogP contribution < -0.4 is 0 Å². The van der Waals surface area contributed by atoms with Gasteiger partial charge in [0.15, 0.2) is 0 Å². The molecule has 6 unspecified atom stereocenters. The zero-order valence-electron chi connectivity index (χ0n) is 42.9. The van der Waals surface area contributed by atoms with E-state index in [0.717, 1.165) is 67.9 Å². The molecule has 1 heterocycles. The fraction of sp³-hybridized carbons (Fsp3) is 0.897. The molecule has 5 aliphatic rings. The van der Waals surface area contributed by atoms with E-state index in [9.17, 15) is 0 Å². The summed E-state index contributed by atoms with van der Waals surface area (Å²) in [7, 11) is 0. The van der Waals surface area contributed by atoms with E-state index >= 15 is 0 Å². The van der Waals surface area contributed by atoms with E-state index in [4.69, 9.17) is 18.9 Å². The van der Waals surface area contributed by atoms with Crippen LogP contribution in [0.5, 0.6) is 0 Å². The Morgan fingerprint density at radius 3 is 2.16 bits per heavy atom. The number of hydrogen-bond donors (Lipinski definition) is 0. The number of ether oxygens (including phenoxy) is 4. The smallest absolute Gasteiger partial charge is 0.0936 e. The summed E-state index contributed by atoms with van der Waals surface area (Å²) in [5.74, 6) is 5.36. The SMILES string of the molecule is CCCCC/C=C\C/C=C\CCCCCCCCOCC(CN1C(C)CCC1C)OCCOCCO[C@H]1CC[C@@]2(C)C(=CCC3C2CC[C@@]2(C)C3CC[C@@H]2[C@H](C)CCCC(C)C)C1. The van der Waals surface area contributed by atoms with E-state index in [1.807, 2.05) is 0 Å². The molecule has 63 heavy (non-hydrogen) atoms. The molecule has 5 rings (SSSR count). The monoisotopic (exact) mass is 878 g/mol. The lowest BCUT2D eigenvalue weighted by Crippen LogP contribution is -2.51. The zero-order chi connectivity index (χ0) is 44.9. The van der Waals surface area contributed by atoms with Crippen LogP contribution >= 0.6 is 0 Å². The first kappa shape index (κ1) is 53.0. The molecule has 3 saturated carbocycles. The third-order valence-electron chi connectivity index (χ3n) is 17.8. The highest BCUT2D eigenvalue weighted by molar-refractivity contribution is 5.25. The highest BCUT2D eigenvalue weighted by Crippen LogP contribution is 2.67. The Morgan fingerprint density at radius 1 is 0.698 bits per heavy atom. The van der Waals surface area contributed by atoms with Gasteiger partial charge in [-0.25, -0.2) is 0 Å². The molecule has 0 spiro atoms. The summed E-state index contributed by atoms with van der Waals surface area (Å²) in [6, 6.07) is 1.24. The minimum absolute atomic E-state index is 0.0912. The van der Waals surface area contributed by atoms with Gasteiger partial charge in [0.2, 0.25) is 0 Å². The van der Waals surface area contributed by atoms with Crippen LogP contribution in [0.4, 0.5) is 0 Å². The Kier molecular flexibility index (Phi) is 23.9. The molecule has 0 radical (unpaired) electrons. The topological polar surface area (TPSA) is 40.2 Å². The fourth-order valence-electron chi connectivity index (χ4n) is 13.8. The molecule has 1 saturated heterocycles. The van der Waals surface area contributed by atoms with Gasteiger partial charge in [0.05, 0.1) is 45.2 Å². The van der Waals surface area contributed by atoms with Crippen LogP contribution in [-0.4, -0.2) is 75.4 Å². The van der Waals surface area contributed by atoms with E-state index in [0.29, 0.717) is 62.1 Å². The minimum Gasteiger partial charge on any atom is -0.379 e. The molecular formula is C58H103NO4. The first-order chi connectivity index (χ1) is 30.6. The van der Waals surface area contributed by atoms with Crippen molar-refractivity contribution in [2.24, 2.45) is 46.3 Å². The van der Waals surface area contributed by atoms with Crippen LogP contribution in [0.2, 0.25) is 0 Å². The summed E-state index contributed by atoms with van der Waals surface area (Å²) in [6.07, 6.45) is 45.4. The largest absolute Gasteiger partial charge is 0.379 e. The van der Waals surface area contributed by atoms with Gasteiger partial charge < -0.3 is 18.9 Å². The minimum atomic E-state index is 0.0912. The fourth-order valence-corrected chi connectivity index (χ4v) is 13.8. The molecule has 0 aromatic rings. The molecule has 0 amide bonds. The normalized spacial score (nSPS) is 32.1. The van der Waals surface area contributed by atoms with E-state index in [-0.39, 0.29) is 6.10 Å². The van der Waals surface area contributed by atoms with E-state index in [1.54, 1.807) is 5.57 Å². The Bertz CT molecular complexity index is 1320. The van der Waals surface area contributed by atoms with Gasteiger partial charge in [-0.1, -0.05) is 135 Å². The van der Waals surface area contributed by atoms with Crippen LogP contribution in [0.1, 0.15) is 216 Å². The first-order valence-electron chi connectivity index (χ1n) is 27.7. The number of nitrogens with zero attached hydrogens (tertiary/aromatic N) is 1. The predicted molar refractivity (Wildman–Crippen MR) is 268 cm³/mol. The van der Waals surface area contributed by atoms with Gasteiger partial charge in [-0.05, 0) is 163 Å². The molecule has 11 atom stereocenters. The van der Waals surface area contributed by atoms with Crippen molar-refractivity contribution in [3.63, 3.8) is 0 Å². The maximum atomic E-state index is 6.53. The van der Waals surface area contributed by atoms with Crippen LogP contribution in [0.25, 0.3) is 0 Å². The highest BCUT2D eigenvalue weighted by Gasteiger charge is 2.59. The molecule has 0 aromatic heterocycles. The quantitative estimate of drug-likeness (QED) is 0.0497. The number of hydrogen-bond acceptors (Lipinski definition) is 5. The second-order valence-electron chi connectivity index (χ2n) is 22.8. The predicted octanol–water partition coefficient (Wildman–Crippen LogP) is 15.5. The maximum absolute atomic E-state index is 6.53. The van der Waals surface area contributed by atoms with Crippen LogP contribution in [0.3, 0.4) is 0 Å². The Hall–Kier alpha value is -0.980. The average Bonchev–Trinajstić information content (AvgIpc) is 3.79. The summed E-state index contributed by atoms with van der Waals surface area (Å²) in [4.78, 5) is 2.63. The molecule has 1 aliphatic heterocycles. The van der Waals surface area contributed by atoms with E-state index in [1.165, 1.54) is 141 Å². The van der Waals surface area contributed by atoms with Crippen molar-refractivity contribution < 1.29 is 18.9 Å². The van der Waals surface area contributed by atoms with Gasteiger partial charge >= 0.3 is 0 Å². The van der Waals surface area contributed by atoms with Crippen LogP contribution in [0, 0.1) is 46.3 Å². The van der Waals surface area contributed by atoms with Crippen LogP contribution in [0.15, 0.2) is 36.0 Å². The lowest BCUT2D eigenvalue weighted by atomic mass is 9.47. The standard InChI is InChI=1S/C58H103NO4/c1-9-10-11-12-13-14-15-16-17-18-19-20-21-22-23-24-38-61-45-52(44-59-48(5)28-29-49(59)6)63-42-40-60-39-41-62-51-34-36-57(7)50(43-51)30-31-53-55-33-32-54(47(4)27-25-26-46(2)3)58(55,8)37-35-56(53)57/h13-14,16-17,30,46-49,51-56H,9-12,15,18-29,31-45H2,1-8H3/b14-13-,17-16-/t47-,48?,49?,51+,52?,53?,54-,55?,56?,57+,58-/m1/s1. The molecule has 5 heteroatoms. The lowest BCUT2D eigenvalue weighted by Gasteiger charge is -2.58. The van der Waals surface area contributed by atoms with E-state index in [2.05, 4.69) is 90.7 Å². The summed E-state index contributed by atoms with van der Waals surface area (Å²) in [5, 5.41) is 0. The maximum Gasteiger partial charge on any atom is 0.0936 e. The number of unbranched alkanes of at least 4 members (excludes halogenated alkanes) is 9. The van der Waals surface area contributed by atoms with E-state index < -0.39 is 0 Å². The van der Waals surface area contributed by atoms with Crippen molar-refractivity contribution in [3.05, 3.63) is 36.0 Å². The number of rotatable bonds is 32. The highest BCUT2D eigenvalue weighted by atomic mass is 16.6. The van der Waals surface area contributed by atoms with Crippen molar-refractivity contribution in [1.29, 1.82) is 0 Å². The van der Waals surface area contributed by atoms with Crippen LogP contribution in [-0.2, 0) is 18.9 Å². The molecule has 364 valence electrons. The Morgan fingerprint density at radius 2 is 1.41 bits per heavy atom. The summed E-state index contributed by atoms with van der Waals surface area (Å²) < 4.78 is 25.4. The molecular weight excluding hydrogens is 775 g/mol. The Labute approximate surface area is 391 Å². The van der Waals surface area contributed by atoms with Crippen molar-refractivity contribution in [1.82, 2.24) is 4.90 Å². The molecule has 0 bridgehead atoms. The number of allylic oxidation sites excluding steroid dienone is 5. The van der Waals surface area contributed by atoms with Crippen molar-refractivity contribution in [3.8, 4) is 0 Å². The molecule has 0 N–H and O–H groups in total. The van der Waals surface area contributed by atoms with Gasteiger partial charge in [-0.2, -0.15) is 0 Å². The second-order valence-corrected chi connectivity index (χ2v) is 22.8. The average molecular weight is 878 g/mol. The molecule has 0 aromatic carbocycles. The third-order valence-corrected chi connectivity index (χ3v) is 17.8. The zero-order valence-corrected chi connectivity index (χ0v) is 42.9. The number of fused-ring (bicyclic) bond motifs is 5. The van der Waals surface area contributed by atoms with Gasteiger partial charge in [-0.3, -0.25) is 4.90 Å². The van der Waals surface area contributed by atoms with Gasteiger partial charge in [-0.15, -0.1) is 0 Å². The van der Waals surface area contributed by atoms with Crippen molar-refractivity contribution in [2.45, 2.75) is 240 Å². The lowest BCUT2D eigenvalue weighted by molar-refractivity contribution is -0.0743. The van der Waals surface area contributed by atoms with Gasteiger partial charge in [0, 0.05) is 25.2 Å². The molecule has 4 fully saturated rings. The summed E-state index contributed by atoms with van der Waals surface area (Å²) in [6.45, 7) is 24.8.